The van der Waals surface area contributed by atoms with Gasteiger partial charge in [-0.1, -0.05) is 18.2 Å². The smallest absolute Gasteiger partial charge is 0.323 e. The van der Waals surface area contributed by atoms with Crippen LogP contribution in [0.3, 0.4) is 0 Å². The molecule has 1 aromatic heterocycles. The zero-order chi connectivity index (χ0) is 12.4. The normalized spacial score (nSPS) is 10.4. The molecule has 2 rings (SSSR count). The van der Waals surface area contributed by atoms with Gasteiger partial charge in [0.2, 0.25) is 5.91 Å². The van der Waals surface area contributed by atoms with E-state index in [1.807, 2.05) is 30.3 Å². The number of aliphatic carboxylic acids is 1. The van der Waals surface area contributed by atoms with Crippen molar-refractivity contribution in [3.05, 3.63) is 30.3 Å². The Labute approximate surface area is 102 Å². The third-order valence-electron chi connectivity index (χ3n) is 2.35. The fraction of sp³-hybridized carbons (Fsp3) is 0.167. The van der Waals surface area contributed by atoms with Crippen molar-refractivity contribution in [3.63, 3.8) is 0 Å². The number of hydrogen-bond donors (Lipinski definition) is 1. The van der Waals surface area contributed by atoms with Crippen molar-refractivity contribution in [2.75, 3.05) is 11.4 Å². The number of benzene rings is 1. The van der Waals surface area contributed by atoms with Gasteiger partial charge in [-0.25, -0.2) is 0 Å². The van der Waals surface area contributed by atoms with Crippen molar-refractivity contribution in [3.8, 4) is 0 Å². The predicted octanol–water partition coefficient (Wildman–Crippen LogP) is 2.34. The maximum atomic E-state index is 11.4. The highest BCUT2D eigenvalue weighted by atomic mass is 32.1. The lowest BCUT2D eigenvalue weighted by atomic mass is 10.3. The van der Waals surface area contributed by atoms with Crippen molar-refractivity contribution in [1.82, 2.24) is 0 Å². The second-order valence-corrected chi connectivity index (χ2v) is 4.68. The van der Waals surface area contributed by atoms with E-state index in [2.05, 4.69) is 0 Å². The summed E-state index contributed by atoms with van der Waals surface area (Å²) in [6.07, 6.45) is 0. The van der Waals surface area contributed by atoms with Gasteiger partial charge in [-0.15, -0.1) is 11.3 Å². The lowest BCUT2D eigenvalue weighted by molar-refractivity contribution is -0.136. The molecule has 0 aliphatic carbocycles. The highest BCUT2D eigenvalue weighted by Gasteiger charge is 2.17. The van der Waals surface area contributed by atoms with Gasteiger partial charge in [0.05, 0.1) is 5.00 Å². The van der Waals surface area contributed by atoms with E-state index in [4.69, 9.17) is 5.11 Å². The van der Waals surface area contributed by atoms with Gasteiger partial charge in [0.1, 0.15) is 6.54 Å². The van der Waals surface area contributed by atoms with E-state index in [1.54, 1.807) is 0 Å². The van der Waals surface area contributed by atoms with Gasteiger partial charge in [0, 0.05) is 11.6 Å². The molecule has 0 aliphatic rings. The number of hydrogen-bond acceptors (Lipinski definition) is 3. The maximum Gasteiger partial charge on any atom is 0.323 e. The molecular weight excluding hydrogens is 238 g/mol. The van der Waals surface area contributed by atoms with Gasteiger partial charge in [0.15, 0.2) is 0 Å². The van der Waals surface area contributed by atoms with Crippen molar-refractivity contribution in [2.45, 2.75) is 6.92 Å². The molecule has 0 saturated carbocycles. The van der Waals surface area contributed by atoms with Crippen LogP contribution in [0.5, 0.6) is 0 Å². The second-order valence-electron chi connectivity index (χ2n) is 3.62. The van der Waals surface area contributed by atoms with Crippen molar-refractivity contribution in [2.24, 2.45) is 0 Å². The largest absolute Gasteiger partial charge is 0.480 e. The van der Waals surface area contributed by atoms with Gasteiger partial charge in [-0.3, -0.25) is 14.5 Å². The number of carbonyl (C=O) groups excluding carboxylic acids is 1. The van der Waals surface area contributed by atoms with E-state index < -0.39 is 5.97 Å². The Kier molecular flexibility index (Phi) is 3.10. The second kappa shape index (κ2) is 4.55. The molecule has 1 amide bonds. The summed E-state index contributed by atoms with van der Waals surface area (Å²) in [4.78, 5) is 23.4. The molecule has 4 nitrogen and oxygen atoms in total. The predicted molar refractivity (Wildman–Crippen MR) is 67.5 cm³/mol. The highest BCUT2D eigenvalue weighted by Crippen LogP contribution is 2.32. The molecule has 0 aliphatic heterocycles. The Balaban J connectivity index is 2.41. The summed E-state index contributed by atoms with van der Waals surface area (Å²) in [5.41, 5.74) is 0. The number of fused-ring (bicyclic) bond motifs is 1. The summed E-state index contributed by atoms with van der Waals surface area (Å²) in [7, 11) is 0. The number of carboxylic acids is 1. The summed E-state index contributed by atoms with van der Waals surface area (Å²) < 4.78 is 1.04. The molecule has 0 atom stereocenters. The van der Waals surface area contributed by atoms with Crippen LogP contribution in [0.25, 0.3) is 10.1 Å². The number of amides is 1. The highest BCUT2D eigenvalue weighted by molar-refractivity contribution is 7.23. The SMILES string of the molecule is CC(=O)N(CC(=O)O)c1cc2ccccc2s1. The fourth-order valence-electron chi connectivity index (χ4n) is 1.58. The van der Waals surface area contributed by atoms with Crippen molar-refractivity contribution < 1.29 is 14.7 Å². The first kappa shape index (κ1) is 11.6. The molecule has 17 heavy (non-hydrogen) atoms. The molecule has 1 aromatic carbocycles. The number of rotatable bonds is 3. The van der Waals surface area contributed by atoms with E-state index in [1.165, 1.54) is 23.2 Å². The minimum atomic E-state index is -1.02. The van der Waals surface area contributed by atoms with E-state index in [-0.39, 0.29) is 12.5 Å². The van der Waals surface area contributed by atoms with Crippen LogP contribution < -0.4 is 4.90 Å². The Morgan fingerprint density at radius 1 is 1.35 bits per heavy atom. The molecule has 1 heterocycles. The van der Waals surface area contributed by atoms with Crippen LogP contribution in [0.1, 0.15) is 6.92 Å². The minimum absolute atomic E-state index is 0.265. The van der Waals surface area contributed by atoms with Crippen molar-refractivity contribution in [1.29, 1.82) is 0 Å². The lowest BCUT2D eigenvalue weighted by Crippen LogP contribution is -2.33. The lowest BCUT2D eigenvalue weighted by Gasteiger charge is -2.15. The third-order valence-corrected chi connectivity index (χ3v) is 3.49. The topological polar surface area (TPSA) is 57.6 Å². The summed E-state index contributed by atoms with van der Waals surface area (Å²) in [5, 5.41) is 10.5. The summed E-state index contributed by atoms with van der Waals surface area (Å²) in [6.45, 7) is 1.06. The molecule has 0 fully saturated rings. The molecule has 2 aromatic rings. The monoisotopic (exact) mass is 249 g/mol. The molecule has 0 unspecified atom stereocenters. The number of carboxylic acid groups (broad SMARTS) is 1. The molecule has 0 radical (unpaired) electrons. The van der Waals surface area contributed by atoms with Gasteiger partial charge in [-0.05, 0) is 17.5 Å². The zero-order valence-corrected chi connectivity index (χ0v) is 10.0. The number of thiophene rings is 1. The number of nitrogens with zero attached hydrogens (tertiary/aromatic N) is 1. The molecule has 0 spiro atoms. The molecule has 1 N–H and O–H groups in total. The van der Waals surface area contributed by atoms with Gasteiger partial charge < -0.3 is 5.11 Å². The molecule has 88 valence electrons. The van der Waals surface area contributed by atoms with Gasteiger partial charge >= 0.3 is 5.97 Å². The minimum Gasteiger partial charge on any atom is -0.480 e. The Morgan fingerprint density at radius 3 is 2.65 bits per heavy atom. The molecular formula is C12H11NO3S. The van der Waals surface area contributed by atoms with E-state index in [0.717, 1.165) is 10.1 Å². The van der Waals surface area contributed by atoms with Crippen LogP contribution in [-0.2, 0) is 9.59 Å². The van der Waals surface area contributed by atoms with Gasteiger partial charge in [-0.2, -0.15) is 0 Å². The first-order valence-corrected chi connectivity index (χ1v) is 5.88. The third kappa shape index (κ3) is 2.45. The zero-order valence-electron chi connectivity index (χ0n) is 9.21. The fourth-order valence-corrected chi connectivity index (χ4v) is 2.69. The number of carbonyl (C=O) groups is 2. The van der Waals surface area contributed by atoms with Gasteiger partial charge in [0.25, 0.3) is 0 Å². The van der Waals surface area contributed by atoms with Crippen LogP contribution in [0.4, 0.5) is 5.00 Å². The first-order valence-electron chi connectivity index (χ1n) is 5.06. The number of anilines is 1. The van der Waals surface area contributed by atoms with E-state index >= 15 is 0 Å². The van der Waals surface area contributed by atoms with Crippen LogP contribution in [-0.4, -0.2) is 23.5 Å². The van der Waals surface area contributed by atoms with E-state index in [9.17, 15) is 9.59 Å². The summed E-state index contributed by atoms with van der Waals surface area (Å²) >= 11 is 1.42. The van der Waals surface area contributed by atoms with Crippen LogP contribution in [0, 0.1) is 0 Å². The molecule has 0 bridgehead atoms. The average Bonchev–Trinajstić information content (AvgIpc) is 2.68. The Bertz CT molecular complexity index is 543. The Hall–Kier alpha value is -1.88. The summed E-state index contributed by atoms with van der Waals surface area (Å²) in [6, 6.07) is 9.55. The molecule has 0 saturated heterocycles. The first-order chi connectivity index (χ1) is 8.08. The maximum absolute atomic E-state index is 11.4. The molecule has 5 heteroatoms. The van der Waals surface area contributed by atoms with Crippen molar-refractivity contribution >= 4 is 38.3 Å². The van der Waals surface area contributed by atoms with E-state index in [0.29, 0.717) is 5.00 Å². The van der Waals surface area contributed by atoms with Crippen LogP contribution in [0.15, 0.2) is 30.3 Å². The quantitative estimate of drug-likeness (QED) is 0.908. The summed E-state index contributed by atoms with van der Waals surface area (Å²) in [5.74, 6) is -1.28. The standard InChI is InChI=1S/C12H11NO3S/c1-8(14)13(7-12(15)16)11-6-9-4-2-3-5-10(9)17-11/h2-6H,7H2,1H3,(H,15,16). The Morgan fingerprint density at radius 2 is 2.06 bits per heavy atom. The van der Waals surface area contributed by atoms with Crippen LogP contribution in [0.2, 0.25) is 0 Å². The average molecular weight is 249 g/mol. The van der Waals surface area contributed by atoms with Crippen LogP contribution >= 0.6 is 11.3 Å².